The lowest BCUT2D eigenvalue weighted by molar-refractivity contribution is 0.479. The first kappa shape index (κ1) is 13.3. The van der Waals surface area contributed by atoms with Crippen molar-refractivity contribution in [1.29, 1.82) is 5.26 Å². The van der Waals surface area contributed by atoms with Gasteiger partial charge < -0.3 is 10.5 Å². The molecule has 0 saturated carbocycles. The predicted molar refractivity (Wildman–Crippen MR) is 78.6 cm³/mol. The fourth-order valence-corrected chi connectivity index (χ4v) is 2.34. The number of nitriles is 1. The van der Waals surface area contributed by atoms with Gasteiger partial charge in [0.2, 0.25) is 0 Å². The average molecular weight is 270 g/mol. The van der Waals surface area contributed by atoms with E-state index in [2.05, 4.69) is 13.0 Å². The highest BCUT2D eigenvalue weighted by atomic mass is 32.2. The van der Waals surface area contributed by atoms with E-state index in [-0.39, 0.29) is 0 Å². The molecule has 2 N–H and O–H groups in total. The Hall–Kier alpha value is -2.12. The van der Waals surface area contributed by atoms with E-state index >= 15 is 0 Å². The molecule has 0 radical (unpaired) electrons. The predicted octanol–water partition coefficient (Wildman–Crippen LogP) is 3.96. The zero-order valence-electron chi connectivity index (χ0n) is 10.8. The van der Waals surface area contributed by atoms with E-state index in [0.29, 0.717) is 17.0 Å². The standard InChI is InChI=1S/C15H14N2OS/c1-10-3-5-13(8-15(10)19-2)18-14-6-4-12(17)7-11(14)9-16/h3-8H,17H2,1-2H3. The van der Waals surface area contributed by atoms with Gasteiger partial charge in [-0.05, 0) is 49.1 Å². The maximum Gasteiger partial charge on any atom is 0.145 e. The van der Waals surface area contributed by atoms with Crippen molar-refractivity contribution in [2.24, 2.45) is 0 Å². The monoisotopic (exact) mass is 270 g/mol. The Morgan fingerprint density at radius 3 is 2.68 bits per heavy atom. The molecule has 96 valence electrons. The number of benzene rings is 2. The summed E-state index contributed by atoms with van der Waals surface area (Å²) in [6, 6.07) is 13.0. The largest absolute Gasteiger partial charge is 0.456 e. The van der Waals surface area contributed by atoms with Crippen molar-refractivity contribution in [1.82, 2.24) is 0 Å². The summed E-state index contributed by atoms with van der Waals surface area (Å²) in [6.45, 7) is 2.06. The summed E-state index contributed by atoms with van der Waals surface area (Å²) < 4.78 is 5.76. The Kier molecular flexibility index (Phi) is 3.98. The Balaban J connectivity index is 2.34. The van der Waals surface area contributed by atoms with E-state index < -0.39 is 0 Å². The van der Waals surface area contributed by atoms with Gasteiger partial charge in [-0.2, -0.15) is 5.26 Å². The van der Waals surface area contributed by atoms with E-state index in [0.717, 1.165) is 10.6 Å². The second kappa shape index (κ2) is 5.68. The number of nitrogen functional groups attached to an aromatic ring is 1. The topological polar surface area (TPSA) is 59.0 Å². The van der Waals surface area contributed by atoms with Crippen LogP contribution in [0.5, 0.6) is 11.5 Å². The molecule has 0 aliphatic rings. The molecule has 19 heavy (non-hydrogen) atoms. The Morgan fingerprint density at radius 1 is 1.21 bits per heavy atom. The lowest BCUT2D eigenvalue weighted by Crippen LogP contribution is -1.92. The highest BCUT2D eigenvalue weighted by Gasteiger charge is 2.06. The molecular formula is C15H14N2OS. The van der Waals surface area contributed by atoms with Crippen LogP contribution in [-0.4, -0.2) is 6.26 Å². The molecule has 2 rings (SSSR count). The van der Waals surface area contributed by atoms with Crippen LogP contribution < -0.4 is 10.5 Å². The zero-order valence-corrected chi connectivity index (χ0v) is 11.6. The van der Waals surface area contributed by atoms with Crippen LogP contribution in [0.15, 0.2) is 41.3 Å². The summed E-state index contributed by atoms with van der Waals surface area (Å²) in [5, 5.41) is 9.08. The van der Waals surface area contributed by atoms with Gasteiger partial charge in [0.15, 0.2) is 0 Å². The Bertz CT molecular complexity index is 647. The van der Waals surface area contributed by atoms with E-state index in [1.54, 1.807) is 30.0 Å². The molecule has 2 aromatic carbocycles. The smallest absolute Gasteiger partial charge is 0.145 e. The van der Waals surface area contributed by atoms with Crippen molar-refractivity contribution in [2.45, 2.75) is 11.8 Å². The van der Waals surface area contributed by atoms with Gasteiger partial charge >= 0.3 is 0 Å². The third-order valence-electron chi connectivity index (χ3n) is 2.73. The second-order valence-electron chi connectivity index (χ2n) is 4.10. The highest BCUT2D eigenvalue weighted by Crippen LogP contribution is 2.30. The third-order valence-corrected chi connectivity index (χ3v) is 3.61. The van der Waals surface area contributed by atoms with Crippen LogP contribution in [0.25, 0.3) is 0 Å². The molecule has 2 aromatic rings. The van der Waals surface area contributed by atoms with Crippen molar-refractivity contribution in [3.63, 3.8) is 0 Å². The molecule has 0 unspecified atom stereocenters. The summed E-state index contributed by atoms with van der Waals surface area (Å²) in [4.78, 5) is 1.16. The number of thioether (sulfide) groups is 1. The van der Waals surface area contributed by atoms with Gasteiger partial charge in [0, 0.05) is 10.6 Å². The fraction of sp³-hybridized carbons (Fsp3) is 0.133. The first-order valence-corrected chi connectivity index (χ1v) is 6.98. The number of ether oxygens (including phenoxy) is 1. The molecule has 0 fully saturated rings. The average Bonchev–Trinajstić information content (AvgIpc) is 2.42. The fourth-order valence-electron chi connectivity index (χ4n) is 1.71. The van der Waals surface area contributed by atoms with Crippen molar-refractivity contribution < 1.29 is 4.74 Å². The number of nitrogens with zero attached hydrogens (tertiary/aromatic N) is 1. The number of hydrogen-bond donors (Lipinski definition) is 1. The number of anilines is 1. The van der Waals surface area contributed by atoms with Gasteiger partial charge in [-0.25, -0.2) is 0 Å². The molecule has 0 spiro atoms. The Labute approximate surface area is 117 Å². The van der Waals surface area contributed by atoms with Gasteiger partial charge in [-0.1, -0.05) is 6.07 Å². The number of rotatable bonds is 3. The van der Waals surface area contributed by atoms with Crippen LogP contribution in [0.2, 0.25) is 0 Å². The van der Waals surface area contributed by atoms with E-state index in [1.165, 1.54) is 5.56 Å². The van der Waals surface area contributed by atoms with Gasteiger partial charge in [0.1, 0.15) is 17.6 Å². The van der Waals surface area contributed by atoms with E-state index in [9.17, 15) is 0 Å². The SMILES string of the molecule is CSc1cc(Oc2ccc(N)cc2C#N)ccc1C. The number of nitrogens with two attached hydrogens (primary N) is 1. The van der Waals surface area contributed by atoms with E-state index in [1.807, 2.05) is 24.5 Å². The molecule has 0 aliphatic heterocycles. The van der Waals surface area contributed by atoms with Crippen LogP contribution in [0, 0.1) is 18.3 Å². The van der Waals surface area contributed by atoms with Crippen LogP contribution in [0.4, 0.5) is 5.69 Å². The lowest BCUT2D eigenvalue weighted by Gasteiger charge is -2.10. The minimum atomic E-state index is 0.436. The van der Waals surface area contributed by atoms with Crippen molar-refractivity contribution in [3.8, 4) is 17.6 Å². The van der Waals surface area contributed by atoms with Gasteiger partial charge in [0.25, 0.3) is 0 Å². The highest BCUT2D eigenvalue weighted by molar-refractivity contribution is 7.98. The van der Waals surface area contributed by atoms with Crippen molar-refractivity contribution in [3.05, 3.63) is 47.5 Å². The molecule has 0 bridgehead atoms. The first-order valence-electron chi connectivity index (χ1n) is 5.76. The van der Waals surface area contributed by atoms with Gasteiger partial charge in [-0.3, -0.25) is 0 Å². The molecule has 0 aromatic heterocycles. The van der Waals surface area contributed by atoms with Crippen LogP contribution in [0.3, 0.4) is 0 Å². The maximum atomic E-state index is 9.08. The molecule has 0 amide bonds. The minimum absolute atomic E-state index is 0.436. The lowest BCUT2D eigenvalue weighted by atomic mass is 10.2. The van der Waals surface area contributed by atoms with Crippen molar-refractivity contribution >= 4 is 17.4 Å². The molecule has 0 saturated heterocycles. The summed E-state index contributed by atoms with van der Waals surface area (Å²) in [5.74, 6) is 1.24. The normalized spacial score (nSPS) is 9.95. The molecule has 3 nitrogen and oxygen atoms in total. The van der Waals surface area contributed by atoms with Crippen LogP contribution in [-0.2, 0) is 0 Å². The second-order valence-corrected chi connectivity index (χ2v) is 4.95. The number of hydrogen-bond acceptors (Lipinski definition) is 4. The minimum Gasteiger partial charge on any atom is -0.456 e. The molecular weight excluding hydrogens is 256 g/mol. The Morgan fingerprint density at radius 2 is 2.00 bits per heavy atom. The van der Waals surface area contributed by atoms with Crippen LogP contribution in [0.1, 0.15) is 11.1 Å². The summed E-state index contributed by atoms with van der Waals surface area (Å²) in [5.41, 5.74) is 7.85. The van der Waals surface area contributed by atoms with Gasteiger partial charge in [0.05, 0.1) is 5.56 Å². The molecule has 4 heteroatoms. The van der Waals surface area contributed by atoms with E-state index in [4.69, 9.17) is 15.7 Å². The number of aryl methyl sites for hydroxylation is 1. The molecule has 0 atom stereocenters. The maximum absolute atomic E-state index is 9.08. The first-order chi connectivity index (χ1) is 9.13. The molecule has 0 heterocycles. The van der Waals surface area contributed by atoms with Crippen LogP contribution >= 0.6 is 11.8 Å². The van der Waals surface area contributed by atoms with Crippen molar-refractivity contribution in [2.75, 3.05) is 12.0 Å². The summed E-state index contributed by atoms with van der Waals surface area (Å²) in [7, 11) is 0. The summed E-state index contributed by atoms with van der Waals surface area (Å²) in [6.07, 6.45) is 2.02. The quantitative estimate of drug-likeness (QED) is 0.677. The third kappa shape index (κ3) is 3.01. The zero-order chi connectivity index (χ0) is 13.8. The van der Waals surface area contributed by atoms with Gasteiger partial charge in [-0.15, -0.1) is 11.8 Å². The summed E-state index contributed by atoms with van der Waals surface area (Å²) >= 11 is 1.67. The molecule has 0 aliphatic carbocycles.